The second-order valence-corrected chi connectivity index (χ2v) is 5.95. The number of aromatic amines is 1. The number of hydrogen-bond donors (Lipinski definition) is 7. The number of halogens is 1. The molecule has 0 aliphatic carbocycles. The van der Waals surface area contributed by atoms with Crippen molar-refractivity contribution in [2.24, 2.45) is 0 Å². The molecule has 0 saturated heterocycles. The minimum absolute atomic E-state index is 0.0198. The first-order chi connectivity index (χ1) is 12.5. The number of aliphatic hydroxyl groups excluding tert-OH is 4. The minimum atomic E-state index is -1.23. The van der Waals surface area contributed by atoms with E-state index in [0.29, 0.717) is 40.1 Å². The maximum atomic E-state index is 11.4. The number of carboxylic acid groups (broad SMARTS) is 1. The van der Waals surface area contributed by atoms with Gasteiger partial charge in [0.1, 0.15) is 5.69 Å². The van der Waals surface area contributed by atoms with Crippen LogP contribution in [-0.4, -0.2) is 49.6 Å². The van der Waals surface area contributed by atoms with Crippen LogP contribution in [-0.2, 0) is 26.4 Å². The molecule has 7 N–H and O–H groups in total. The van der Waals surface area contributed by atoms with Gasteiger partial charge in [0, 0.05) is 24.3 Å². The number of carbonyl (C=O) groups is 1. The first-order valence-electron chi connectivity index (χ1n) is 7.91. The van der Waals surface area contributed by atoms with Crippen molar-refractivity contribution in [1.82, 2.24) is 10.3 Å². The molecule has 1 aromatic carbocycles. The van der Waals surface area contributed by atoms with E-state index in [1.54, 1.807) is 12.1 Å². The lowest BCUT2D eigenvalue weighted by Crippen LogP contribution is -2.18. The van der Waals surface area contributed by atoms with Gasteiger partial charge in [-0.05, 0) is 22.3 Å². The van der Waals surface area contributed by atoms with Crippen LogP contribution < -0.4 is 5.32 Å². The predicted octanol–water partition coefficient (Wildman–Crippen LogP) is 0.592. The lowest BCUT2D eigenvalue weighted by atomic mass is 9.92. The van der Waals surface area contributed by atoms with Crippen LogP contribution in [0.5, 0.6) is 0 Å². The van der Waals surface area contributed by atoms with Crippen molar-refractivity contribution >= 4 is 17.6 Å². The van der Waals surface area contributed by atoms with Crippen molar-refractivity contribution in [3.05, 3.63) is 45.2 Å². The average molecular weight is 385 g/mol. The minimum Gasteiger partial charge on any atom is -0.477 e. The number of carboxylic acids is 1. The van der Waals surface area contributed by atoms with Crippen LogP contribution in [0.25, 0.3) is 11.1 Å². The van der Waals surface area contributed by atoms with Gasteiger partial charge in [0.05, 0.1) is 31.5 Å². The molecule has 0 spiro atoms. The first-order valence-corrected chi connectivity index (χ1v) is 8.29. The van der Waals surface area contributed by atoms with Gasteiger partial charge in [-0.1, -0.05) is 23.7 Å². The molecule has 2 aromatic rings. The topological polar surface area (TPSA) is 146 Å². The molecule has 0 aliphatic rings. The van der Waals surface area contributed by atoms with E-state index in [4.69, 9.17) is 16.7 Å². The molecule has 8 nitrogen and oxygen atoms in total. The fraction of sp³-hybridized carbons (Fsp3) is 0.353. The molecule has 26 heavy (non-hydrogen) atoms. The zero-order valence-corrected chi connectivity index (χ0v) is 14.7. The Kier molecular flexibility index (Phi) is 7.15. The van der Waals surface area contributed by atoms with Crippen molar-refractivity contribution in [1.29, 1.82) is 0 Å². The molecule has 142 valence electrons. The van der Waals surface area contributed by atoms with Gasteiger partial charge in [0.25, 0.3) is 0 Å². The molecule has 0 saturated carbocycles. The number of aromatic carboxylic acids is 1. The molecule has 0 amide bonds. The average Bonchev–Trinajstić information content (AvgIpc) is 2.96. The SMILES string of the molecule is O=C(O)c1[nH]c(CNCCO)c(-c2ccc(CO)c(CO)c2CO)c1Cl. The van der Waals surface area contributed by atoms with Crippen molar-refractivity contribution in [3.63, 3.8) is 0 Å². The molecule has 0 unspecified atom stereocenters. The maximum absolute atomic E-state index is 11.4. The summed E-state index contributed by atoms with van der Waals surface area (Å²) in [5.74, 6) is -1.23. The normalized spacial score (nSPS) is 11.1. The van der Waals surface area contributed by atoms with Crippen molar-refractivity contribution in [3.8, 4) is 11.1 Å². The number of rotatable bonds is 9. The molecular formula is C17H21ClN2O6. The zero-order chi connectivity index (χ0) is 19.3. The summed E-state index contributed by atoms with van der Waals surface area (Å²) in [5.41, 5.74) is 2.32. The molecule has 1 aromatic heterocycles. The van der Waals surface area contributed by atoms with Crippen LogP contribution in [0.15, 0.2) is 12.1 Å². The Hall–Kier alpha value is -1.94. The van der Waals surface area contributed by atoms with Crippen LogP contribution in [0.1, 0.15) is 32.9 Å². The van der Waals surface area contributed by atoms with E-state index in [0.717, 1.165) is 0 Å². The highest BCUT2D eigenvalue weighted by molar-refractivity contribution is 6.36. The Morgan fingerprint density at radius 3 is 2.31 bits per heavy atom. The highest BCUT2D eigenvalue weighted by atomic mass is 35.5. The Balaban J connectivity index is 2.68. The summed E-state index contributed by atoms with van der Waals surface area (Å²) >= 11 is 6.29. The van der Waals surface area contributed by atoms with Gasteiger partial charge in [-0.3, -0.25) is 0 Å². The lowest BCUT2D eigenvalue weighted by Gasteiger charge is -2.16. The highest BCUT2D eigenvalue weighted by Gasteiger charge is 2.24. The fourth-order valence-corrected chi connectivity index (χ4v) is 3.22. The van der Waals surface area contributed by atoms with Gasteiger partial charge >= 0.3 is 5.97 Å². The Labute approximate surface area is 154 Å². The van der Waals surface area contributed by atoms with Crippen LogP contribution in [0.4, 0.5) is 0 Å². The number of H-pyrrole nitrogens is 1. The van der Waals surface area contributed by atoms with E-state index < -0.39 is 19.2 Å². The van der Waals surface area contributed by atoms with Crippen LogP contribution in [0.2, 0.25) is 5.02 Å². The summed E-state index contributed by atoms with van der Waals surface area (Å²) in [5, 5.41) is 50.0. The zero-order valence-electron chi connectivity index (χ0n) is 13.9. The number of benzene rings is 1. The van der Waals surface area contributed by atoms with E-state index in [2.05, 4.69) is 10.3 Å². The van der Waals surface area contributed by atoms with E-state index in [-0.39, 0.29) is 30.5 Å². The van der Waals surface area contributed by atoms with Crippen LogP contribution in [0, 0.1) is 0 Å². The lowest BCUT2D eigenvalue weighted by molar-refractivity contribution is 0.0691. The first kappa shape index (κ1) is 20.4. The van der Waals surface area contributed by atoms with Crippen LogP contribution >= 0.6 is 11.6 Å². The van der Waals surface area contributed by atoms with Gasteiger partial charge in [-0.2, -0.15) is 0 Å². The number of nitrogens with one attached hydrogen (secondary N) is 2. The van der Waals surface area contributed by atoms with E-state index in [1.165, 1.54) is 0 Å². The Morgan fingerprint density at radius 2 is 1.77 bits per heavy atom. The fourth-order valence-electron chi connectivity index (χ4n) is 2.88. The van der Waals surface area contributed by atoms with Gasteiger partial charge < -0.3 is 35.8 Å². The monoisotopic (exact) mass is 384 g/mol. The van der Waals surface area contributed by atoms with Gasteiger partial charge in [-0.25, -0.2) is 4.79 Å². The number of aromatic nitrogens is 1. The highest BCUT2D eigenvalue weighted by Crippen LogP contribution is 2.38. The molecule has 1 heterocycles. The number of hydrogen-bond acceptors (Lipinski definition) is 6. The smallest absolute Gasteiger partial charge is 0.353 e. The van der Waals surface area contributed by atoms with Crippen molar-refractivity contribution < 1.29 is 30.3 Å². The van der Waals surface area contributed by atoms with Gasteiger partial charge in [0.15, 0.2) is 0 Å². The van der Waals surface area contributed by atoms with Gasteiger partial charge in [0.2, 0.25) is 0 Å². The summed E-state index contributed by atoms with van der Waals surface area (Å²) in [6, 6.07) is 3.21. The summed E-state index contributed by atoms with van der Waals surface area (Å²) in [4.78, 5) is 14.2. The Morgan fingerprint density at radius 1 is 1.08 bits per heavy atom. The molecule has 2 rings (SSSR count). The molecule has 0 bridgehead atoms. The molecule has 0 fully saturated rings. The van der Waals surface area contributed by atoms with E-state index in [1.807, 2.05) is 0 Å². The summed E-state index contributed by atoms with van der Waals surface area (Å²) in [6.45, 7) is -0.703. The third-order valence-electron chi connectivity index (χ3n) is 4.10. The van der Waals surface area contributed by atoms with E-state index >= 15 is 0 Å². The van der Waals surface area contributed by atoms with Crippen molar-refractivity contribution in [2.75, 3.05) is 13.2 Å². The summed E-state index contributed by atoms with van der Waals surface area (Å²) in [6.07, 6.45) is 0. The third-order valence-corrected chi connectivity index (χ3v) is 4.48. The second-order valence-electron chi connectivity index (χ2n) is 5.58. The second kappa shape index (κ2) is 9.13. The third kappa shape index (κ3) is 3.90. The van der Waals surface area contributed by atoms with Crippen molar-refractivity contribution in [2.45, 2.75) is 26.4 Å². The number of aliphatic hydroxyl groups is 4. The Bertz CT molecular complexity index is 790. The molecule has 0 aliphatic heterocycles. The van der Waals surface area contributed by atoms with Gasteiger partial charge in [-0.15, -0.1) is 0 Å². The molecule has 9 heteroatoms. The molecule has 0 radical (unpaired) electrons. The molecular weight excluding hydrogens is 364 g/mol. The predicted molar refractivity (Wildman–Crippen MR) is 94.8 cm³/mol. The quantitative estimate of drug-likeness (QED) is 0.313. The summed E-state index contributed by atoms with van der Waals surface area (Å²) < 4.78 is 0. The summed E-state index contributed by atoms with van der Waals surface area (Å²) in [7, 11) is 0. The maximum Gasteiger partial charge on any atom is 0.353 e. The largest absolute Gasteiger partial charge is 0.477 e. The molecule has 0 atom stereocenters. The van der Waals surface area contributed by atoms with Crippen LogP contribution in [0.3, 0.4) is 0 Å². The standard InChI is InChI=1S/C17H21ClN2O6/c18-15-14(13(5-19-3-4-21)20-16(15)17(25)26)10-2-1-9(6-22)11(7-23)12(10)8-24/h1-2,19-24H,3-8H2,(H,25,26). The van der Waals surface area contributed by atoms with E-state index in [9.17, 15) is 25.2 Å².